The molecule has 0 saturated heterocycles. The van der Waals surface area contributed by atoms with Crippen molar-refractivity contribution in [3.8, 4) is 5.88 Å². The highest BCUT2D eigenvalue weighted by atomic mass is 16.6. The van der Waals surface area contributed by atoms with E-state index in [4.69, 9.17) is 4.74 Å². The van der Waals surface area contributed by atoms with E-state index in [1.807, 2.05) is 7.05 Å². The van der Waals surface area contributed by atoms with E-state index in [0.717, 1.165) is 0 Å². The number of aromatic nitrogens is 1. The highest BCUT2D eigenvalue weighted by Gasteiger charge is 2.11. The Morgan fingerprint density at radius 3 is 2.87 bits per heavy atom. The Balaban J connectivity index is 2.69. The zero-order valence-corrected chi connectivity index (χ0v) is 8.69. The molecule has 0 fully saturated rings. The lowest BCUT2D eigenvalue weighted by Gasteiger charge is -2.05. The monoisotopic (exact) mass is 211 g/mol. The number of hydrogen-bond acceptors (Lipinski definition) is 5. The molecule has 0 aliphatic heterocycles. The van der Waals surface area contributed by atoms with E-state index < -0.39 is 4.92 Å². The minimum atomic E-state index is -0.459. The molecule has 0 radical (unpaired) electrons. The molecule has 1 rings (SSSR count). The van der Waals surface area contributed by atoms with Gasteiger partial charge in [-0.25, -0.2) is 4.98 Å². The van der Waals surface area contributed by atoms with E-state index in [-0.39, 0.29) is 5.69 Å². The van der Waals surface area contributed by atoms with Crippen LogP contribution in [-0.2, 0) is 0 Å². The molecule has 6 nitrogen and oxygen atoms in total. The van der Waals surface area contributed by atoms with E-state index in [2.05, 4.69) is 10.3 Å². The summed E-state index contributed by atoms with van der Waals surface area (Å²) in [5.41, 5.74) is 0.373. The fourth-order valence-electron chi connectivity index (χ4n) is 1.06. The van der Waals surface area contributed by atoms with Crippen molar-refractivity contribution < 1.29 is 9.66 Å². The van der Waals surface area contributed by atoms with E-state index in [1.54, 1.807) is 6.92 Å². The van der Waals surface area contributed by atoms with E-state index in [0.29, 0.717) is 24.7 Å². The van der Waals surface area contributed by atoms with Crippen LogP contribution in [0.1, 0.15) is 5.69 Å². The summed E-state index contributed by atoms with van der Waals surface area (Å²) in [4.78, 5) is 14.0. The van der Waals surface area contributed by atoms with Crippen LogP contribution < -0.4 is 10.1 Å². The first-order valence-electron chi connectivity index (χ1n) is 4.54. The zero-order chi connectivity index (χ0) is 11.3. The second-order valence-corrected chi connectivity index (χ2v) is 2.96. The van der Waals surface area contributed by atoms with E-state index in [1.165, 1.54) is 12.1 Å². The summed E-state index contributed by atoms with van der Waals surface area (Å²) in [7, 11) is 1.82. The molecule has 0 aromatic carbocycles. The summed E-state index contributed by atoms with van der Waals surface area (Å²) >= 11 is 0. The van der Waals surface area contributed by atoms with Gasteiger partial charge < -0.3 is 10.1 Å². The summed E-state index contributed by atoms with van der Waals surface area (Å²) in [6.07, 6.45) is 0. The zero-order valence-electron chi connectivity index (χ0n) is 8.69. The second kappa shape index (κ2) is 5.26. The fourth-order valence-corrected chi connectivity index (χ4v) is 1.06. The Hall–Kier alpha value is -1.69. The van der Waals surface area contributed by atoms with Crippen LogP contribution in [0, 0.1) is 17.0 Å². The van der Waals surface area contributed by atoms with Gasteiger partial charge in [-0.15, -0.1) is 0 Å². The van der Waals surface area contributed by atoms with Crippen molar-refractivity contribution in [2.24, 2.45) is 0 Å². The summed E-state index contributed by atoms with van der Waals surface area (Å²) in [6.45, 7) is 2.78. The molecule has 0 atom stereocenters. The molecule has 0 spiro atoms. The molecule has 0 unspecified atom stereocenters. The lowest BCUT2D eigenvalue weighted by molar-refractivity contribution is -0.385. The Bertz CT molecular complexity index is 354. The van der Waals surface area contributed by atoms with Crippen LogP contribution in [0.25, 0.3) is 0 Å². The molecule has 0 saturated carbocycles. The standard InChI is InChI=1S/C9H13N3O3/c1-7-8(12(13)14)3-4-9(11-7)15-6-5-10-2/h3-4,10H,5-6H2,1-2H3. The molecule has 1 aromatic heterocycles. The number of hydrogen-bond donors (Lipinski definition) is 1. The van der Waals surface area contributed by atoms with Gasteiger partial charge in [0.25, 0.3) is 5.69 Å². The Morgan fingerprint density at radius 1 is 1.60 bits per heavy atom. The van der Waals surface area contributed by atoms with Crippen molar-refractivity contribution >= 4 is 5.69 Å². The van der Waals surface area contributed by atoms with Crippen molar-refractivity contribution in [1.82, 2.24) is 10.3 Å². The number of ether oxygens (including phenoxy) is 1. The minimum Gasteiger partial charge on any atom is -0.476 e. The van der Waals surface area contributed by atoms with Crippen molar-refractivity contribution in [2.45, 2.75) is 6.92 Å². The third kappa shape index (κ3) is 3.17. The van der Waals surface area contributed by atoms with Crippen LogP contribution in [0.15, 0.2) is 12.1 Å². The highest BCUT2D eigenvalue weighted by Crippen LogP contribution is 2.18. The second-order valence-electron chi connectivity index (χ2n) is 2.96. The normalized spacial score (nSPS) is 10.0. The summed E-state index contributed by atoms with van der Waals surface area (Å²) < 4.78 is 5.27. The molecule has 0 bridgehead atoms. The lowest BCUT2D eigenvalue weighted by Crippen LogP contribution is -2.16. The third-order valence-corrected chi connectivity index (χ3v) is 1.83. The molecule has 15 heavy (non-hydrogen) atoms. The van der Waals surface area contributed by atoms with E-state index in [9.17, 15) is 10.1 Å². The van der Waals surface area contributed by atoms with Crippen molar-refractivity contribution in [3.63, 3.8) is 0 Å². The van der Waals surface area contributed by atoms with Gasteiger partial charge in [0.1, 0.15) is 12.3 Å². The summed E-state index contributed by atoms with van der Waals surface area (Å²) in [6, 6.07) is 2.90. The van der Waals surface area contributed by atoms with Gasteiger partial charge in [0.2, 0.25) is 5.88 Å². The van der Waals surface area contributed by atoms with Crippen LogP contribution in [0.5, 0.6) is 5.88 Å². The predicted molar refractivity (Wildman–Crippen MR) is 55.1 cm³/mol. The van der Waals surface area contributed by atoms with Gasteiger partial charge in [0.15, 0.2) is 0 Å². The average molecular weight is 211 g/mol. The Kier molecular flexibility index (Phi) is 3.99. The predicted octanol–water partition coefficient (Wildman–Crippen LogP) is 0.896. The van der Waals surface area contributed by atoms with Gasteiger partial charge in [-0.05, 0) is 14.0 Å². The maximum atomic E-state index is 10.5. The molecular weight excluding hydrogens is 198 g/mol. The Labute approximate surface area is 87.4 Å². The van der Waals surface area contributed by atoms with Gasteiger partial charge in [0.05, 0.1) is 4.92 Å². The lowest BCUT2D eigenvalue weighted by atomic mass is 10.3. The van der Waals surface area contributed by atoms with Crippen LogP contribution in [-0.4, -0.2) is 30.1 Å². The first-order chi connectivity index (χ1) is 7.15. The quantitative estimate of drug-likeness (QED) is 0.444. The number of nitrogens with one attached hydrogen (secondary N) is 1. The molecule has 82 valence electrons. The molecule has 0 amide bonds. The van der Waals surface area contributed by atoms with E-state index >= 15 is 0 Å². The van der Waals surface area contributed by atoms with Crippen LogP contribution in [0.4, 0.5) is 5.69 Å². The Morgan fingerprint density at radius 2 is 2.33 bits per heavy atom. The molecule has 1 aromatic rings. The number of nitro groups is 1. The first-order valence-corrected chi connectivity index (χ1v) is 4.54. The van der Waals surface area contributed by atoms with Gasteiger partial charge >= 0.3 is 0 Å². The van der Waals surface area contributed by atoms with Gasteiger partial charge in [0, 0.05) is 18.7 Å². The molecule has 1 heterocycles. The number of likely N-dealkylation sites (N-methyl/N-ethyl adjacent to an activating group) is 1. The van der Waals surface area contributed by atoms with Crippen LogP contribution in [0.3, 0.4) is 0 Å². The summed E-state index contributed by atoms with van der Waals surface area (Å²) in [5.74, 6) is 0.411. The van der Waals surface area contributed by atoms with Gasteiger partial charge in [-0.3, -0.25) is 10.1 Å². The fraction of sp³-hybridized carbons (Fsp3) is 0.444. The first kappa shape index (κ1) is 11.4. The molecule has 6 heteroatoms. The third-order valence-electron chi connectivity index (χ3n) is 1.83. The average Bonchev–Trinajstić information content (AvgIpc) is 2.17. The van der Waals surface area contributed by atoms with Gasteiger partial charge in [-0.2, -0.15) is 0 Å². The number of aryl methyl sites for hydroxylation is 1. The van der Waals surface area contributed by atoms with Crippen molar-refractivity contribution in [1.29, 1.82) is 0 Å². The number of pyridine rings is 1. The molecule has 0 aliphatic carbocycles. The maximum Gasteiger partial charge on any atom is 0.290 e. The maximum absolute atomic E-state index is 10.5. The number of nitrogens with zero attached hydrogens (tertiary/aromatic N) is 2. The smallest absolute Gasteiger partial charge is 0.290 e. The topological polar surface area (TPSA) is 77.3 Å². The number of rotatable bonds is 5. The highest BCUT2D eigenvalue weighted by molar-refractivity contribution is 5.36. The van der Waals surface area contributed by atoms with Crippen molar-refractivity contribution in [3.05, 3.63) is 27.9 Å². The SMILES string of the molecule is CNCCOc1ccc([N+](=O)[O-])c(C)n1. The molecular formula is C9H13N3O3. The molecule has 0 aliphatic rings. The largest absolute Gasteiger partial charge is 0.476 e. The van der Waals surface area contributed by atoms with Gasteiger partial charge in [-0.1, -0.05) is 0 Å². The molecule has 1 N–H and O–H groups in total. The van der Waals surface area contributed by atoms with Crippen molar-refractivity contribution in [2.75, 3.05) is 20.2 Å². The van der Waals surface area contributed by atoms with Crippen LogP contribution >= 0.6 is 0 Å². The summed E-state index contributed by atoms with van der Waals surface area (Å²) in [5, 5.41) is 13.4. The van der Waals surface area contributed by atoms with Crippen LogP contribution in [0.2, 0.25) is 0 Å². The minimum absolute atomic E-state index is 0.0102.